The minimum absolute atomic E-state index is 0.0239. The Bertz CT molecular complexity index is 1030. The number of carbonyl (C=O) groups is 2. The molecular weight excluding hydrogens is 502 g/mol. The van der Waals surface area contributed by atoms with Crippen LogP contribution >= 0.6 is 11.3 Å². The lowest BCUT2D eigenvalue weighted by molar-refractivity contribution is -0.124. The summed E-state index contributed by atoms with van der Waals surface area (Å²) in [5.74, 6) is 6.75. The minimum Gasteiger partial charge on any atom is -0.465 e. The zero-order valence-corrected chi connectivity index (χ0v) is 24.3. The molecule has 0 radical (unpaired) electrons. The van der Waals surface area contributed by atoms with Crippen molar-refractivity contribution in [3.05, 3.63) is 15.8 Å². The van der Waals surface area contributed by atoms with Gasteiger partial charge in [0.2, 0.25) is 5.91 Å². The monoisotopic (exact) mass is 545 g/mol. The van der Waals surface area contributed by atoms with Gasteiger partial charge in [-0.1, -0.05) is 18.8 Å². The SMILES string of the molecule is COC(=O)c1sc(C#CC(C)(C)C)cc1N(C(=O)C1CCC(C)CC1)C1CCC(O[C@H]2COC[C@@H]2O)CC1. The van der Waals surface area contributed by atoms with Crippen LogP contribution in [0.2, 0.25) is 0 Å². The van der Waals surface area contributed by atoms with Gasteiger partial charge in [-0.05, 0) is 84.1 Å². The Morgan fingerprint density at radius 1 is 1.08 bits per heavy atom. The van der Waals surface area contributed by atoms with Gasteiger partial charge in [0, 0.05) is 17.4 Å². The number of methoxy groups -OCH3 is 1. The number of amides is 1. The Kier molecular flexibility index (Phi) is 9.57. The molecule has 2 heterocycles. The van der Waals surface area contributed by atoms with Crippen molar-refractivity contribution in [2.75, 3.05) is 25.2 Å². The van der Waals surface area contributed by atoms with Gasteiger partial charge in [0.25, 0.3) is 0 Å². The zero-order chi connectivity index (χ0) is 27.4. The van der Waals surface area contributed by atoms with Gasteiger partial charge in [0.05, 0.1) is 37.0 Å². The van der Waals surface area contributed by atoms with Crippen molar-refractivity contribution in [1.29, 1.82) is 0 Å². The molecule has 0 aromatic carbocycles. The smallest absolute Gasteiger partial charge is 0.350 e. The first-order chi connectivity index (χ1) is 18.1. The van der Waals surface area contributed by atoms with Crippen LogP contribution in [0.3, 0.4) is 0 Å². The van der Waals surface area contributed by atoms with Gasteiger partial charge in [-0.15, -0.1) is 11.3 Å². The maximum absolute atomic E-state index is 14.2. The van der Waals surface area contributed by atoms with Crippen molar-refractivity contribution < 1.29 is 28.9 Å². The van der Waals surface area contributed by atoms with Crippen LogP contribution in [-0.4, -0.2) is 61.7 Å². The molecule has 1 aromatic rings. The topological polar surface area (TPSA) is 85.3 Å². The maximum atomic E-state index is 14.2. The second kappa shape index (κ2) is 12.5. The van der Waals surface area contributed by atoms with Gasteiger partial charge in [0.1, 0.15) is 17.1 Å². The number of hydrogen-bond acceptors (Lipinski definition) is 7. The average Bonchev–Trinajstić information content (AvgIpc) is 3.49. The highest BCUT2D eigenvalue weighted by Gasteiger charge is 2.39. The van der Waals surface area contributed by atoms with Crippen LogP contribution < -0.4 is 4.90 Å². The van der Waals surface area contributed by atoms with Crippen LogP contribution in [0.1, 0.15) is 93.6 Å². The summed E-state index contributed by atoms with van der Waals surface area (Å²) in [6.45, 7) is 9.13. The molecule has 38 heavy (non-hydrogen) atoms. The van der Waals surface area contributed by atoms with E-state index in [0.29, 0.717) is 29.7 Å². The molecule has 2 aliphatic carbocycles. The lowest BCUT2D eigenvalue weighted by Crippen LogP contribution is -2.47. The van der Waals surface area contributed by atoms with E-state index < -0.39 is 12.1 Å². The number of hydrogen-bond donors (Lipinski definition) is 1. The normalized spacial score (nSPS) is 29.8. The lowest BCUT2D eigenvalue weighted by atomic mass is 9.81. The van der Waals surface area contributed by atoms with Crippen LogP contribution in [0.5, 0.6) is 0 Å². The molecule has 4 rings (SSSR count). The summed E-state index contributed by atoms with van der Waals surface area (Å²) in [5.41, 5.74) is 0.452. The number of anilines is 1. The van der Waals surface area contributed by atoms with Crippen LogP contribution in [0.25, 0.3) is 0 Å². The molecule has 3 aliphatic rings. The first-order valence-electron chi connectivity index (χ1n) is 14.1. The predicted molar refractivity (Wildman–Crippen MR) is 148 cm³/mol. The van der Waals surface area contributed by atoms with Gasteiger partial charge in [0.15, 0.2) is 0 Å². The van der Waals surface area contributed by atoms with E-state index in [1.807, 2.05) is 31.7 Å². The summed E-state index contributed by atoms with van der Waals surface area (Å²) >= 11 is 1.30. The summed E-state index contributed by atoms with van der Waals surface area (Å²) in [6, 6.07) is 1.88. The van der Waals surface area contributed by atoms with Crippen molar-refractivity contribution in [1.82, 2.24) is 0 Å². The largest absolute Gasteiger partial charge is 0.465 e. The summed E-state index contributed by atoms with van der Waals surface area (Å²) < 4.78 is 16.7. The van der Waals surface area contributed by atoms with Crippen molar-refractivity contribution in [2.45, 2.75) is 103 Å². The second-order valence-electron chi connectivity index (χ2n) is 12.2. The number of nitrogens with zero attached hydrogens (tertiary/aromatic N) is 1. The first-order valence-corrected chi connectivity index (χ1v) is 14.9. The summed E-state index contributed by atoms with van der Waals surface area (Å²) in [7, 11) is 1.38. The fourth-order valence-electron chi connectivity index (χ4n) is 5.65. The van der Waals surface area contributed by atoms with E-state index in [0.717, 1.165) is 56.2 Å². The third kappa shape index (κ3) is 7.18. The summed E-state index contributed by atoms with van der Waals surface area (Å²) in [4.78, 5) is 30.2. The average molecular weight is 546 g/mol. The lowest BCUT2D eigenvalue weighted by Gasteiger charge is -2.40. The highest BCUT2D eigenvalue weighted by atomic mass is 32.1. The van der Waals surface area contributed by atoms with E-state index in [1.54, 1.807) is 0 Å². The van der Waals surface area contributed by atoms with E-state index in [2.05, 4.69) is 18.8 Å². The number of aliphatic hydroxyl groups excluding tert-OH is 1. The highest BCUT2D eigenvalue weighted by Crippen LogP contribution is 2.39. The van der Waals surface area contributed by atoms with Crippen LogP contribution in [0.15, 0.2) is 6.07 Å². The molecule has 3 fully saturated rings. The van der Waals surface area contributed by atoms with Crippen LogP contribution in [-0.2, 0) is 19.0 Å². The van der Waals surface area contributed by atoms with Crippen molar-refractivity contribution >= 4 is 28.9 Å². The molecule has 1 aromatic heterocycles. The van der Waals surface area contributed by atoms with Crippen molar-refractivity contribution in [2.24, 2.45) is 17.3 Å². The number of ether oxygens (including phenoxy) is 3. The molecule has 1 aliphatic heterocycles. The van der Waals surface area contributed by atoms with Gasteiger partial charge < -0.3 is 24.2 Å². The Balaban J connectivity index is 1.61. The van der Waals surface area contributed by atoms with Gasteiger partial charge >= 0.3 is 5.97 Å². The van der Waals surface area contributed by atoms with Gasteiger partial charge in [-0.3, -0.25) is 4.79 Å². The van der Waals surface area contributed by atoms with Gasteiger partial charge in [-0.25, -0.2) is 4.79 Å². The number of thiophene rings is 1. The fourth-order valence-corrected chi connectivity index (χ4v) is 6.57. The Morgan fingerprint density at radius 2 is 1.76 bits per heavy atom. The molecule has 8 heteroatoms. The number of esters is 1. The van der Waals surface area contributed by atoms with Crippen molar-refractivity contribution in [3.8, 4) is 11.8 Å². The standard InChI is InChI=1S/C30H43NO6S/c1-19-6-8-20(9-7-19)28(33)31(21-10-12-22(13-11-21)37-26-18-36-17-25(26)32)24-16-23(14-15-30(2,3)4)38-27(24)29(34)35-5/h16,19-22,25-26,32H,6-13,17-18H2,1-5H3/t19?,20?,21?,22?,25-,26-/m0/s1. The van der Waals surface area contributed by atoms with Crippen LogP contribution in [0, 0.1) is 29.1 Å². The second-order valence-corrected chi connectivity index (χ2v) is 13.2. The van der Waals surface area contributed by atoms with E-state index in [9.17, 15) is 14.7 Å². The minimum atomic E-state index is -0.583. The molecule has 1 N–H and O–H groups in total. The molecule has 2 atom stereocenters. The Labute approximate surface area is 231 Å². The quantitative estimate of drug-likeness (QED) is 0.392. The van der Waals surface area contributed by atoms with E-state index in [4.69, 9.17) is 14.2 Å². The molecule has 0 spiro atoms. The Morgan fingerprint density at radius 3 is 2.34 bits per heavy atom. The third-order valence-electron chi connectivity index (χ3n) is 7.88. The maximum Gasteiger partial charge on any atom is 0.350 e. The number of rotatable bonds is 6. The first kappa shape index (κ1) is 29.1. The molecule has 7 nitrogen and oxygen atoms in total. The molecule has 0 bridgehead atoms. The highest BCUT2D eigenvalue weighted by molar-refractivity contribution is 7.15. The molecule has 1 saturated heterocycles. The Hall–Kier alpha value is -1.92. The summed E-state index contributed by atoms with van der Waals surface area (Å²) in [6.07, 6.45) is 6.11. The van der Waals surface area contributed by atoms with E-state index >= 15 is 0 Å². The predicted octanol–water partition coefficient (Wildman–Crippen LogP) is 5.18. The molecule has 2 saturated carbocycles. The molecule has 1 amide bonds. The number of aliphatic hydroxyl groups is 1. The van der Waals surface area contributed by atoms with Gasteiger partial charge in [-0.2, -0.15) is 0 Å². The van der Waals surface area contributed by atoms with Crippen molar-refractivity contribution in [3.63, 3.8) is 0 Å². The van der Waals surface area contributed by atoms with E-state index in [1.165, 1.54) is 18.4 Å². The third-order valence-corrected chi connectivity index (χ3v) is 8.90. The molecular formula is C30H43NO6S. The zero-order valence-electron chi connectivity index (χ0n) is 23.5. The fraction of sp³-hybridized carbons (Fsp3) is 0.733. The van der Waals surface area contributed by atoms with Crippen LogP contribution in [0.4, 0.5) is 5.69 Å². The summed E-state index contributed by atoms with van der Waals surface area (Å²) in [5, 5.41) is 10.1. The number of carbonyl (C=O) groups excluding carboxylic acids is 2. The molecule has 0 unspecified atom stereocenters. The van der Waals surface area contributed by atoms with E-state index in [-0.39, 0.29) is 35.5 Å². The molecule has 210 valence electrons.